The Morgan fingerprint density at radius 1 is 1.35 bits per heavy atom. The highest BCUT2D eigenvalue weighted by Crippen LogP contribution is 2.23. The van der Waals surface area contributed by atoms with Gasteiger partial charge in [0, 0.05) is 19.8 Å². The highest BCUT2D eigenvalue weighted by molar-refractivity contribution is 5.30. The summed E-state index contributed by atoms with van der Waals surface area (Å²) in [7, 11) is 1.63. The van der Waals surface area contributed by atoms with Crippen molar-refractivity contribution in [1.82, 2.24) is 9.97 Å². The average Bonchev–Trinajstić information content (AvgIpc) is 2.25. The molecule has 0 spiro atoms. The molecular weight excluding hydrogens is 218 g/mol. The average molecular weight is 239 g/mol. The number of ether oxygens (including phenoxy) is 2. The van der Waals surface area contributed by atoms with E-state index in [0.29, 0.717) is 30.8 Å². The number of hydrogen-bond acceptors (Lipinski definition) is 5. The second-order valence-corrected chi connectivity index (χ2v) is 4.20. The highest BCUT2D eigenvalue weighted by Gasteiger charge is 2.20. The smallest absolute Gasteiger partial charge is 0.160 e. The first-order valence-corrected chi connectivity index (χ1v) is 5.82. The molecule has 0 aromatic carbocycles. The molecule has 0 fully saturated rings. The molecule has 0 aliphatic carbocycles. The van der Waals surface area contributed by atoms with E-state index in [1.54, 1.807) is 13.2 Å². The van der Waals surface area contributed by atoms with Crippen LogP contribution < -0.4 is 5.73 Å². The van der Waals surface area contributed by atoms with Crippen LogP contribution in [0.15, 0.2) is 6.07 Å². The number of nitrogens with zero attached hydrogens (tertiary/aromatic N) is 2. The molecule has 0 aliphatic rings. The fourth-order valence-corrected chi connectivity index (χ4v) is 1.63. The molecule has 1 aromatic heterocycles. The number of nitrogens with two attached hydrogens (primary N) is 1. The van der Waals surface area contributed by atoms with Crippen LogP contribution in [-0.2, 0) is 16.1 Å². The lowest BCUT2D eigenvalue weighted by molar-refractivity contribution is 0.0229. The third-order valence-electron chi connectivity index (χ3n) is 2.31. The van der Waals surface area contributed by atoms with Crippen molar-refractivity contribution in [2.75, 3.05) is 19.5 Å². The molecule has 96 valence electrons. The summed E-state index contributed by atoms with van der Waals surface area (Å²) >= 11 is 0. The molecule has 0 saturated heterocycles. The topological polar surface area (TPSA) is 70.3 Å². The second kappa shape index (κ2) is 6.51. The van der Waals surface area contributed by atoms with Crippen LogP contribution in [0.25, 0.3) is 0 Å². The Balaban J connectivity index is 3.00. The van der Waals surface area contributed by atoms with Gasteiger partial charge in [-0.3, -0.25) is 0 Å². The summed E-state index contributed by atoms with van der Waals surface area (Å²) in [5, 5.41) is 0. The minimum atomic E-state index is -0.126. The Labute approximate surface area is 102 Å². The minimum absolute atomic E-state index is 0.126. The first kappa shape index (κ1) is 13.9. The van der Waals surface area contributed by atoms with Crippen LogP contribution >= 0.6 is 0 Å². The fraction of sp³-hybridized carbons (Fsp3) is 0.667. The van der Waals surface area contributed by atoms with Gasteiger partial charge < -0.3 is 15.2 Å². The van der Waals surface area contributed by atoms with Gasteiger partial charge in [-0.25, -0.2) is 9.97 Å². The van der Waals surface area contributed by atoms with Crippen molar-refractivity contribution in [2.24, 2.45) is 5.92 Å². The van der Waals surface area contributed by atoms with E-state index in [-0.39, 0.29) is 6.10 Å². The van der Waals surface area contributed by atoms with Crippen LogP contribution in [0, 0.1) is 5.92 Å². The maximum Gasteiger partial charge on any atom is 0.160 e. The molecule has 2 N–H and O–H groups in total. The van der Waals surface area contributed by atoms with Gasteiger partial charge in [-0.2, -0.15) is 0 Å². The van der Waals surface area contributed by atoms with Crippen LogP contribution in [0.1, 0.15) is 38.4 Å². The zero-order valence-electron chi connectivity index (χ0n) is 10.9. The third-order valence-corrected chi connectivity index (χ3v) is 2.31. The van der Waals surface area contributed by atoms with Crippen molar-refractivity contribution in [2.45, 2.75) is 33.5 Å². The molecule has 5 nitrogen and oxygen atoms in total. The van der Waals surface area contributed by atoms with E-state index in [2.05, 4.69) is 23.8 Å². The van der Waals surface area contributed by atoms with Gasteiger partial charge in [-0.05, 0) is 12.8 Å². The van der Waals surface area contributed by atoms with Gasteiger partial charge in [-0.15, -0.1) is 0 Å². The normalized spacial score (nSPS) is 13.0. The molecule has 0 aliphatic heterocycles. The van der Waals surface area contributed by atoms with Gasteiger partial charge in [0.15, 0.2) is 5.82 Å². The van der Waals surface area contributed by atoms with E-state index in [0.717, 1.165) is 5.69 Å². The molecule has 17 heavy (non-hydrogen) atoms. The minimum Gasteiger partial charge on any atom is -0.384 e. The van der Waals surface area contributed by atoms with Crippen LogP contribution in [0.4, 0.5) is 5.82 Å². The highest BCUT2D eigenvalue weighted by atomic mass is 16.5. The molecule has 1 unspecified atom stereocenters. The van der Waals surface area contributed by atoms with Crippen LogP contribution in [0.5, 0.6) is 0 Å². The SMILES string of the molecule is CCOC(c1nc(N)cc(COC)n1)C(C)C. The van der Waals surface area contributed by atoms with E-state index in [4.69, 9.17) is 15.2 Å². The Hall–Kier alpha value is -1.20. The fourth-order valence-electron chi connectivity index (χ4n) is 1.63. The van der Waals surface area contributed by atoms with E-state index in [1.807, 2.05) is 6.92 Å². The van der Waals surface area contributed by atoms with E-state index < -0.39 is 0 Å². The summed E-state index contributed by atoms with van der Waals surface area (Å²) in [5.74, 6) is 1.38. The van der Waals surface area contributed by atoms with E-state index in [9.17, 15) is 0 Å². The Kier molecular flexibility index (Phi) is 5.31. The third kappa shape index (κ3) is 3.94. The molecule has 1 atom stereocenters. The number of methoxy groups -OCH3 is 1. The van der Waals surface area contributed by atoms with Gasteiger partial charge >= 0.3 is 0 Å². The summed E-state index contributed by atoms with van der Waals surface area (Å²) in [4.78, 5) is 8.66. The standard InChI is InChI=1S/C12H21N3O2/c1-5-17-11(8(2)3)12-14-9(7-16-4)6-10(13)15-12/h6,8,11H,5,7H2,1-4H3,(H2,13,14,15). The van der Waals surface area contributed by atoms with Gasteiger partial charge in [0.2, 0.25) is 0 Å². The number of anilines is 1. The van der Waals surface area contributed by atoms with Crippen molar-refractivity contribution in [1.29, 1.82) is 0 Å². The first-order valence-electron chi connectivity index (χ1n) is 5.82. The van der Waals surface area contributed by atoms with Crippen LogP contribution in [-0.4, -0.2) is 23.7 Å². The monoisotopic (exact) mass is 239 g/mol. The van der Waals surface area contributed by atoms with Gasteiger partial charge in [0.05, 0.1) is 12.3 Å². The number of rotatable bonds is 6. The molecular formula is C12H21N3O2. The van der Waals surface area contributed by atoms with Gasteiger partial charge in [0.25, 0.3) is 0 Å². The van der Waals surface area contributed by atoms with Crippen molar-refractivity contribution in [3.05, 3.63) is 17.6 Å². The number of aromatic nitrogens is 2. The largest absolute Gasteiger partial charge is 0.384 e. The lowest BCUT2D eigenvalue weighted by Crippen LogP contribution is -2.16. The van der Waals surface area contributed by atoms with Crippen molar-refractivity contribution < 1.29 is 9.47 Å². The molecule has 0 saturated carbocycles. The summed E-state index contributed by atoms with van der Waals surface area (Å²) in [6, 6.07) is 1.72. The van der Waals surface area contributed by atoms with Crippen molar-refractivity contribution in [3.8, 4) is 0 Å². The number of hydrogen-bond donors (Lipinski definition) is 1. The summed E-state index contributed by atoms with van der Waals surface area (Å²) in [6.45, 7) is 7.15. The van der Waals surface area contributed by atoms with E-state index in [1.165, 1.54) is 0 Å². The molecule has 1 heterocycles. The maximum absolute atomic E-state index is 5.76. The second-order valence-electron chi connectivity index (χ2n) is 4.20. The Bertz CT molecular complexity index is 356. The molecule has 5 heteroatoms. The maximum atomic E-state index is 5.76. The van der Waals surface area contributed by atoms with Crippen LogP contribution in [0.2, 0.25) is 0 Å². The number of nitrogen functional groups attached to an aromatic ring is 1. The van der Waals surface area contributed by atoms with Gasteiger partial charge in [0.1, 0.15) is 11.9 Å². The quantitative estimate of drug-likeness (QED) is 0.821. The molecule has 0 radical (unpaired) electrons. The Morgan fingerprint density at radius 2 is 2.06 bits per heavy atom. The molecule has 1 aromatic rings. The Morgan fingerprint density at radius 3 is 2.59 bits per heavy atom. The van der Waals surface area contributed by atoms with E-state index >= 15 is 0 Å². The summed E-state index contributed by atoms with van der Waals surface area (Å²) < 4.78 is 10.7. The lowest BCUT2D eigenvalue weighted by Gasteiger charge is -2.20. The zero-order chi connectivity index (χ0) is 12.8. The predicted octanol–water partition coefficient (Wildman–Crippen LogP) is 1.94. The predicted molar refractivity (Wildman–Crippen MR) is 66.4 cm³/mol. The molecule has 0 amide bonds. The molecule has 0 bridgehead atoms. The summed E-state index contributed by atoms with van der Waals surface area (Å²) in [5.41, 5.74) is 6.54. The van der Waals surface area contributed by atoms with Crippen molar-refractivity contribution in [3.63, 3.8) is 0 Å². The van der Waals surface area contributed by atoms with Crippen molar-refractivity contribution >= 4 is 5.82 Å². The molecule has 1 rings (SSSR count). The first-order chi connectivity index (χ1) is 8.08. The summed E-state index contributed by atoms with van der Waals surface area (Å²) in [6.07, 6.45) is -0.126. The lowest BCUT2D eigenvalue weighted by atomic mass is 10.1. The zero-order valence-corrected chi connectivity index (χ0v) is 10.9. The van der Waals surface area contributed by atoms with Gasteiger partial charge in [-0.1, -0.05) is 13.8 Å². The van der Waals surface area contributed by atoms with Crippen LogP contribution in [0.3, 0.4) is 0 Å².